The molecule has 2 aliphatic heterocycles. The highest BCUT2D eigenvalue weighted by Gasteiger charge is 2.34. The number of anilines is 2. The molecule has 2 saturated heterocycles. The van der Waals surface area contributed by atoms with Gasteiger partial charge >= 0.3 is 0 Å². The number of hydrogen-bond acceptors (Lipinski definition) is 4. The number of likely N-dealkylation sites (N-methyl/N-ethyl adjacent to an activating group) is 1. The van der Waals surface area contributed by atoms with Gasteiger partial charge in [-0.05, 0) is 74.8 Å². The highest BCUT2D eigenvalue weighted by Crippen LogP contribution is 2.26. The molecular weight excluding hydrogens is 456 g/mol. The molecular formula is C24H29BrN4O2. The minimum Gasteiger partial charge on any atom is -0.369 e. The number of rotatable bonds is 4. The zero-order valence-corrected chi connectivity index (χ0v) is 19.7. The third-order valence-corrected chi connectivity index (χ3v) is 6.74. The van der Waals surface area contributed by atoms with Crippen LogP contribution in [-0.4, -0.2) is 67.4 Å². The van der Waals surface area contributed by atoms with Crippen LogP contribution in [0.2, 0.25) is 0 Å². The van der Waals surface area contributed by atoms with Crippen molar-refractivity contribution in [2.75, 3.05) is 50.0 Å². The zero-order chi connectivity index (χ0) is 22.0. The number of hydrogen-bond donors (Lipinski definition) is 1. The number of nitrogens with zero attached hydrogens (tertiary/aromatic N) is 3. The molecule has 2 amide bonds. The highest BCUT2D eigenvalue weighted by molar-refractivity contribution is 9.10. The second-order valence-electron chi connectivity index (χ2n) is 8.44. The Morgan fingerprint density at radius 1 is 1.00 bits per heavy atom. The number of piperazine rings is 1. The minimum absolute atomic E-state index is 0.0910. The van der Waals surface area contributed by atoms with Gasteiger partial charge in [-0.1, -0.05) is 15.9 Å². The number of benzene rings is 2. The number of nitrogens with one attached hydrogen (secondary N) is 1. The van der Waals surface area contributed by atoms with Crippen LogP contribution in [-0.2, 0) is 4.79 Å². The Kier molecular flexibility index (Phi) is 6.62. The van der Waals surface area contributed by atoms with Gasteiger partial charge in [0.1, 0.15) is 6.04 Å². The minimum atomic E-state index is -0.436. The average molecular weight is 485 g/mol. The lowest BCUT2D eigenvalue weighted by atomic mass is 10.1. The van der Waals surface area contributed by atoms with E-state index in [1.807, 2.05) is 24.3 Å². The second-order valence-corrected chi connectivity index (χ2v) is 9.36. The number of carbonyl (C=O) groups excluding carboxylic acids is 2. The fourth-order valence-electron chi connectivity index (χ4n) is 4.40. The van der Waals surface area contributed by atoms with E-state index in [1.54, 1.807) is 17.0 Å². The van der Waals surface area contributed by atoms with Crippen LogP contribution in [0.15, 0.2) is 46.9 Å². The quantitative estimate of drug-likeness (QED) is 0.717. The van der Waals surface area contributed by atoms with Crippen LogP contribution in [0.25, 0.3) is 0 Å². The molecule has 0 aliphatic carbocycles. The molecule has 6 nitrogen and oxygen atoms in total. The molecule has 2 aliphatic rings. The fourth-order valence-corrected chi connectivity index (χ4v) is 4.67. The lowest BCUT2D eigenvalue weighted by Crippen LogP contribution is -2.44. The molecule has 0 radical (unpaired) electrons. The van der Waals surface area contributed by atoms with E-state index in [0.717, 1.165) is 48.3 Å². The highest BCUT2D eigenvalue weighted by atomic mass is 79.9. The Labute approximate surface area is 192 Å². The van der Waals surface area contributed by atoms with Crippen molar-refractivity contribution in [1.29, 1.82) is 0 Å². The van der Waals surface area contributed by atoms with Crippen molar-refractivity contribution < 1.29 is 9.59 Å². The number of carbonyl (C=O) groups is 2. The monoisotopic (exact) mass is 484 g/mol. The summed E-state index contributed by atoms with van der Waals surface area (Å²) in [6.45, 7) is 6.83. The lowest BCUT2D eigenvalue weighted by molar-refractivity contribution is -0.119. The fraction of sp³-hybridized carbons (Fsp3) is 0.417. The first-order chi connectivity index (χ1) is 14.9. The molecule has 2 heterocycles. The van der Waals surface area contributed by atoms with Gasteiger partial charge in [-0.3, -0.25) is 9.59 Å². The second kappa shape index (κ2) is 9.40. The molecule has 2 fully saturated rings. The maximum Gasteiger partial charge on any atom is 0.254 e. The molecule has 31 heavy (non-hydrogen) atoms. The summed E-state index contributed by atoms with van der Waals surface area (Å²) in [7, 11) is 2.15. The molecule has 2 aromatic rings. The van der Waals surface area contributed by atoms with E-state index in [9.17, 15) is 9.59 Å². The number of likely N-dealkylation sites (tertiary alicyclic amines) is 1. The van der Waals surface area contributed by atoms with Crippen LogP contribution in [0.5, 0.6) is 0 Å². The van der Waals surface area contributed by atoms with E-state index < -0.39 is 6.04 Å². The lowest BCUT2D eigenvalue weighted by Gasteiger charge is -2.35. The molecule has 1 unspecified atom stereocenters. The molecule has 164 valence electrons. The molecule has 0 aromatic heterocycles. The summed E-state index contributed by atoms with van der Waals surface area (Å²) in [6.07, 6.45) is 1.52. The van der Waals surface area contributed by atoms with Gasteiger partial charge < -0.3 is 20.0 Å². The molecule has 0 saturated carbocycles. The van der Waals surface area contributed by atoms with Crippen molar-refractivity contribution in [3.63, 3.8) is 0 Å². The van der Waals surface area contributed by atoms with Crippen molar-refractivity contribution in [2.24, 2.45) is 0 Å². The molecule has 2 aromatic carbocycles. The number of amides is 2. The van der Waals surface area contributed by atoms with E-state index in [2.05, 4.69) is 51.1 Å². The zero-order valence-electron chi connectivity index (χ0n) is 18.1. The van der Waals surface area contributed by atoms with E-state index in [-0.39, 0.29) is 11.8 Å². The van der Waals surface area contributed by atoms with Crippen LogP contribution in [0, 0.1) is 6.92 Å². The van der Waals surface area contributed by atoms with Gasteiger partial charge in [-0.25, -0.2) is 0 Å². The molecule has 1 atom stereocenters. The van der Waals surface area contributed by atoms with E-state index >= 15 is 0 Å². The summed E-state index contributed by atoms with van der Waals surface area (Å²) < 4.78 is 0.926. The van der Waals surface area contributed by atoms with Crippen LogP contribution in [0.3, 0.4) is 0 Å². The predicted octanol–water partition coefficient (Wildman–Crippen LogP) is 3.75. The van der Waals surface area contributed by atoms with Crippen LogP contribution >= 0.6 is 15.9 Å². The maximum absolute atomic E-state index is 13.0. The Balaban J connectivity index is 1.43. The summed E-state index contributed by atoms with van der Waals surface area (Å²) >= 11 is 3.39. The first-order valence-corrected chi connectivity index (χ1v) is 11.6. The van der Waals surface area contributed by atoms with Crippen molar-refractivity contribution in [1.82, 2.24) is 9.80 Å². The number of aryl methyl sites for hydroxylation is 1. The summed E-state index contributed by atoms with van der Waals surface area (Å²) in [4.78, 5) is 32.4. The van der Waals surface area contributed by atoms with Crippen molar-refractivity contribution in [3.8, 4) is 0 Å². The van der Waals surface area contributed by atoms with E-state index in [1.165, 1.54) is 5.69 Å². The molecule has 1 N–H and O–H groups in total. The maximum atomic E-state index is 13.0. The van der Waals surface area contributed by atoms with Crippen molar-refractivity contribution in [2.45, 2.75) is 25.8 Å². The van der Waals surface area contributed by atoms with Gasteiger partial charge in [0.2, 0.25) is 5.91 Å². The smallest absolute Gasteiger partial charge is 0.254 e. The van der Waals surface area contributed by atoms with Crippen LogP contribution in [0.4, 0.5) is 11.4 Å². The number of halogens is 1. The van der Waals surface area contributed by atoms with Crippen LogP contribution in [0.1, 0.15) is 28.8 Å². The molecule has 0 bridgehead atoms. The summed E-state index contributed by atoms with van der Waals surface area (Å²) in [6, 6.07) is 12.9. The SMILES string of the molecule is Cc1cc(NC(=O)C2CCCN2C(=O)c2ccc(Br)cc2)ccc1N1CCN(C)CC1. The molecule has 7 heteroatoms. The van der Waals surface area contributed by atoms with Gasteiger partial charge in [0.15, 0.2) is 0 Å². The summed E-state index contributed by atoms with van der Waals surface area (Å²) in [5, 5.41) is 3.04. The molecule has 0 spiro atoms. The Hall–Kier alpha value is -2.38. The third-order valence-electron chi connectivity index (χ3n) is 6.22. The summed E-state index contributed by atoms with van der Waals surface area (Å²) in [5.41, 5.74) is 3.76. The normalized spacial score (nSPS) is 19.5. The predicted molar refractivity (Wildman–Crippen MR) is 128 cm³/mol. The Morgan fingerprint density at radius 3 is 2.39 bits per heavy atom. The summed E-state index contributed by atoms with van der Waals surface area (Å²) in [5.74, 6) is -0.207. The van der Waals surface area contributed by atoms with Gasteiger partial charge in [-0.15, -0.1) is 0 Å². The Bertz CT molecular complexity index is 955. The van der Waals surface area contributed by atoms with Gasteiger partial charge in [0.05, 0.1) is 0 Å². The average Bonchev–Trinajstić information content (AvgIpc) is 3.25. The van der Waals surface area contributed by atoms with Gasteiger partial charge in [0, 0.05) is 54.1 Å². The van der Waals surface area contributed by atoms with Gasteiger partial charge in [-0.2, -0.15) is 0 Å². The van der Waals surface area contributed by atoms with Crippen molar-refractivity contribution in [3.05, 3.63) is 58.1 Å². The van der Waals surface area contributed by atoms with Crippen LogP contribution < -0.4 is 10.2 Å². The standard InChI is InChI=1S/C24H29BrN4O2/c1-17-16-20(9-10-21(17)28-14-12-27(2)13-15-28)26-23(30)22-4-3-11-29(22)24(31)18-5-7-19(25)8-6-18/h5-10,16,22H,3-4,11-15H2,1-2H3,(H,26,30). The van der Waals surface area contributed by atoms with Crippen molar-refractivity contribution >= 4 is 39.1 Å². The van der Waals surface area contributed by atoms with Gasteiger partial charge in [0.25, 0.3) is 5.91 Å². The molecule has 4 rings (SSSR count). The topological polar surface area (TPSA) is 55.9 Å². The largest absolute Gasteiger partial charge is 0.369 e. The van der Waals surface area contributed by atoms with E-state index in [4.69, 9.17) is 0 Å². The first-order valence-electron chi connectivity index (χ1n) is 10.8. The Morgan fingerprint density at radius 2 is 1.71 bits per heavy atom. The first kappa shape index (κ1) is 21.8. The van der Waals surface area contributed by atoms with E-state index in [0.29, 0.717) is 18.5 Å². The third kappa shape index (κ3) is 4.93.